The van der Waals surface area contributed by atoms with Crippen LogP contribution in [0.3, 0.4) is 0 Å². The Kier molecular flexibility index (Phi) is 20.8. The van der Waals surface area contributed by atoms with E-state index in [4.69, 9.17) is 0 Å². The van der Waals surface area contributed by atoms with Gasteiger partial charge >= 0.3 is 0 Å². The summed E-state index contributed by atoms with van der Waals surface area (Å²) in [6.07, 6.45) is 45.7. The number of fused-ring (bicyclic) bond motifs is 6. The standard InChI is InChI=1S/C60H84N2/c1-4-7-9-11-13-15-17-19-21-23-25-27-29-33-45-61-57-36-32-31-35-53(57)54-48-51(40-43-58(54)61)37-38-52-41-44-60-56(49-52)55-47-50(6-3)39-42-59(55)62(60)46-34-30-28-26-24-22-20-18-16-14-12-10-8-5-2/h6,31-32,35-44,47-49H,3-5,7-30,33-34,45-46H2,1-2H3/b38-37+. The summed E-state index contributed by atoms with van der Waals surface area (Å²) in [5.41, 5.74) is 9.12. The second-order valence-electron chi connectivity index (χ2n) is 18.9. The van der Waals surface area contributed by atoms with Crippen LogP contribution < -0.4 is 0 Å². The third-order valence-electron chi connectivity index (χ3n) is 13.9. The van der Waals surface area contributed by atoms with Crippen molar-refractivity contribution in [3.8, 4) is 0 Å². The second kappa shape index (κ2) is 27.2. The van der Waals surface area contributed by atoms with Crippen molar-refractivity contribution in [3.05, 3.63) is 102 Å². The predicted molar refractivity (Wildman–Crippen MR) is 279 cm³/mol. The van der Waals surface area contributed by atoms with Gasteiger partial charge in [-0.1, -0.05) is 242 Å². The fourth-order valence-corrected chi connectivity index (χ4v) is 10.1. The average Bonchev–Trinajstić information content (AvgIpc) is 3.79. The van der Waals surface area contributed by atoms with Crippen molar-refractivity contribution in [2.45, 2.75) is 207 Å². The Morgan fingerprint density at radius 1 is 0.339 bits per heavy atom. The number of benzene rings is 4. The molecular formula is C60H84N2. The van der Waals surface area contributed by atoms with Crippen molar-refractivity contribution in [1.29, 1.82) is 0 Å². The molecule has 0 aliphatic rings. The zero-order valence-electron chi connectivity index (χ0n) is 39.6. The first kappa shape index (κ1) is 47.4. The van der Waals surface area contributed by atoms with Gasteiger partial charge in [-0.15, -0.1) is 0 Å². The van der Waals surface area contributed by atoms with Gasteiger partial charge < -0.3 is 9.13 Å². The van der Waals surface area contributed by atoms with Gasteiger partial charge in [-0.05, 0) is 72.0 Å². The molecule has 0 aliphatic carbocycles. The van der Waals surface area contributed by atoms with Gasteiger partial charge in [-0.3, -0.25) is 0 Å². The van der Waals surface area contributed by atoms with E-state index < -0.39 is 0 Å². The summed E-state index contributed by atoms with van der Waals surface area (Å²) in [6.45, 7) is 10.9. The van der Waals surface area contributed by atoms with Gasteiger partial charge in [0, 0.05) is 56.7 Å². The van der Waals surface area contributed by atoms with Gasteiger partial charge in [0.25, 0.3) is 0 Å². The van der Waals surface area contributed by atoms with Gasteiger partial charge in [-0.25, -0.2) is 0 Å². The Morgan fingerprint density at radius 2 is 0.645 bits per heavy atom. The van der Waals surface area contributed by atoms with Crippen LogP contribution in [0.15, 0.2) is 85.4 Å². The number of rotatable bonds is 33. The van der Waals surface area contributed by atoms with E-state index in [1.807, 2.05) is 6.08 Å². The third kappa shape index (κ3) is 14.2. The molecule has 334 valence electrons. The molecule has 0 bridgehead atoms. The largest absolute Gasteiger partial charge is 0.340 e. The van der Waals surface area contributed by atoms with Crippen LogP contribution in [-0.4, -0.2) is 9.13 Å². The quantitative estimate of drug-likeness (QED) is 0.0289. The highest BCUT2D eigenvalue weighted by Gasteiger charge is 2.13. The van der Waals surface area contributed by atoms with Crippen molar-refractivity contribution in [1.82, 2.24) is 9.13 Å². The van der Waals surface area contributed by atoms with E-state index in [0.29, 0.717) is 0 Å². The molecule has 2 aromatic heterocycles. The highest BCUT2D eigenvalue weighted by molar-refractivity contribution is 6.10. The minimum absolute atomic E-state index is 1.08. The number of unbranched alkanes of at least 4 members (excludes halogenated alkanes) is 26. The van der Waals surface area contributed by atoms with Crippen molar-refractivity contribution in [3.63, 3.8) is 0 Å². The normalized spacial score (nSPS) is 12.0. The van der Waals surface area contributed by atoms with Crippen LogP contribution in [0.25, 0.3) is 61.8 Å². The summed E-state index contributed by atoms with van der Waals surface area (Å²) in [7, 11) is 0. The molecule has 0 fully saturated rings. The lowest BCUT2D eigenvalue weighted by molar-refractivity contribution is 0.528. The molecule has 0 saturated heterocycles. The number of aryl methyl sites for hydroxylation is 2. The molecule has 2 nitrogen and oxygen atoms in total. The topological polar surface area (TPSA) is 9.86 Å². The van der Waals surface area contributed by atoms with Crippen LogP contribution in [-0.2, 0) is 13.1 Å². The van der Waals surface area contributed by atoms with Crippen LogP contribution in [0.1, 0.15) is 210 Å². The van der Waals surface area contributed by atoms with Gasteiger partial charge in [-0.2, -0.15) is 0 Å². The monoisotopic (exact) mass is 833 g/mol. The summed E-state index contributed by atoms with van der Waals surface area (Å²) in [6, 6.07) is 30.1. The number of aromatic nitrogens is 2. The third-order valence-corrected chi connectivity index (χ3v) is 13.9. The zero-order chi connectivity index (χ0) is 43.0. The van der Waals surface area contributed by atoms with Crippen LogP contribution in [0.2, 0.25) is 0 Å². The summed E-state index contributed by atoms with van der Waals surface area (Å²) >= 11 is 0. The molecule has 0 amide bonds. The van der Waals surface area contributed by atoms with Crippen LogP contribution in [0, 0.1) is 0 Å². The SMILES string of the molecule is C=Cc1ccc2c(c1)c1cc(/C=C/c3ccc4c(c3)c3ccccc3n4CCCCCCCCCCCCCCCC)ccc1n2CCCCCCCCCCCCCCCC. The molecular weight excluding hydrogens is 749 g/mol. The van der Waals surface area contributed by atoms with E-state index in [9.17, 15) is 0 Å². The maximum Gasteiger partial charge on any atom is 0.0491 e. The maximum absolute atomic E-state index is 4.09. The lowest BCUT2D eigenvalue weighted by Crippen LogP contribution is -1.98. The molecule has 0 spiro atoms. The van der Waals surface area contributed by atoms with Gasteiger partial charge in [0.15, 0.2) is 0 Å². The molecule has 2 heterocycles. The predicted octanol–water partition coefficient (Wildman–Crippen LogP) is 19.7. The van der Waals surface area contributed by atoms with Gasteiger partial charge in [0.05, 0.1) is 0 Å². The molecule has 0 saturated carbocycles. The lowest BCUT2D eigenvalue weighted by Gasteiger charge is -2.08. The second-order valence-corrected chi connectivity index (χ2v) is 18.9. The molecule has 6 rings (SSSR count). The smallest absolute Gasteiger partial charge is 0.0491 e. The molecule has 2 heteroatoms. The van der Waals surface area contributed by atoms with Crippen molar-refractivity contribution in [2.24, 2.45) is 0 Å². The summed E-state index contributed by atoms with van der Waals surface area (Å²) in [5, 5.41) is 5.42. The highest BCUT2D eigenvalue weighted by atomic mass is 15.0. The van der Waals surface area contributed by atoms with Crippen molar-refractivity contribution < 1.29 is 0 Å². The Labute approximate surface area is 378 Å². The van der Waals surface area contributed by atoms with Gasteiger partial charge in [0.1, 0.15) is 0 Å². The molecule has 0 atom stereocenters. The molecule has 0 aliphatic heterocycles. The van der Waals surface area contributed by atoms with Crippen molar-refractivity contribution >= 4 is 61.8 Å². The fraction of sp³-hybridized carbons (Fsp3) is 0.533. The first-order chi connectivity index (χ1) is 30.7. The Balaban J connectivity index is 1.01. The first-order valence-electron chi connectivity index (χ1n) is 26.1. The van der Waals surface area contributed by atoms with Crippen LogP contribution in [0.5, 0.6) is 0 Å². The fourth-order valence-electron chi connectivity index (χ4n) is 10.1. The zero-order valence-corrected chi connectivity index (χ0v) is 39.6. The molecule has 62 heavy (non-hydrogen) atoms. The van der Waals surface area contributed by atoms with E-state index >= 15 is 0 Å². The van der Waals surface area contributed by atoms with Crippen LogP contribution in [0.4, 0.5) is 0 Å². The number of hydrogen-bond donors (Lipinski definition) is 0. The van der Waals surface area contributed by atoms with Crippen molar-refractivity contribution in [2.75, 3.05) is 0 Å². The number of hydrogen-bond acceptors (Lipinski definition) is 0. The summed E-state index contributed by atoms with van der Waals surface area (Å²) in [4.78, 5) is 0. The minimum atomic E-state index is 1.08. The average molecular weight is 833 g/mol. The lowest BCUT2D eigenvalue weighted by atomic mass is 10.0. The first-order valence-corrected chi connectivity index (χ1v) is 26.1. The summed E-state index contributed by atoms with van der Waals surface area (Å²) in [5.74, 6) is 0. The Bertz CT molecular complexity index is 2220. The van der Waals surface area contributed by atoms with E-state index in [1.165, 1.54) is 240 Å². The number of nitrogens with zero attached hydrogens (tertiary/aromatic N) is 2. The summed E-state index contributed by atoms with van der Waals surface area (Å²) < 4.78 is 5.16. The minimum Gasteiger partial charge on any atom is -0.340 e. The molecule has 6 aromatic rings. The van der Waals surface area contributed by atoms with E-state index in [1.54, 1.807) is 0 Å². The molecule has 0 N–H and O–H groups in total. The highest BCUT2D eigenvalue weighted by Crippen LogP contribution is 2.34. The van der Waals surface area contributed by atoms with E-state index in [2.05, 4.69) is 121 Å². The maximum atomic E-state index is 4.09. The molecule has 0 radical (unpaired) electrons. The van der Waals surface area contributed by atoms with Gasteiger partial charge in [0.2, 0.25) is 0 Å². The molecule has 4 aromatic carbocycles. The number of para-hydroxylation sites is 1. The van der Waals surface area contributed by atoms with E-state index in [0.717, 1.165) is 13.1 Å². The Hall–Kier alpha value is -4.04. The van der Waals surface area contributed by atoms with E-state index in [-0.39, 0.29) is 0 Å². The Morgan fingerprint density at radius 3 is 1.03 bits per heavy atom. The van der Waals surface area contributed by atoms with Crippen LogP contribution >= 0.6 is 0 Å². The molecule has 0 unspecified atom stereocenters.